The molecule has 256 valence electrons. The number of hydrogen-bond acceptors (Lipinski definition) is 2. The van der Waals surface area contributed by atoms with Crippen molar-refractivity contribution in [2.24, 2.45) is 0 Å². The van der Waals surface area contributed by atoms with E-state index in [0.717, 1.165) is 30.0 Å². The topological polar surface area (TPSA) is 20.2 Å². The van der Waals surface area contributed by atoms with Crippen molar-refractivity contribution in [3.8, 4) is 16.8 Å². The van der Waals surface area contributed by atoms with Gasteiger partial charge in [-0.3, -0.25) is 0 Å². The van der Waals surface area contributed by atoms with Crippen LogP contribution in [0.5, 0.6) is 0 Å². The first-order valence-electron chi connectivity index (χ1n) is 19.0. The molecule has 11 rings (SSSR count). The molecule has 0 amide bonds. The third-order valence-corrected chi connectivity index (χ3v) is 12.0. The molecule has 0 unspecified atom stereocenters. The number of benzene rings is 8. The van der Waals surface area contributed by atoms with E-state index >= 15 is 0 Å². The Morgan fingerprint density at radius 2 is 1.28 bits per heavy atom. The monoisotopic (exact) mass is 691 g/mol. The number of hydrogen-bond donors (Lipinski definition) is 1. The fraction of sp³-hybridized carbons (Fsp3) is 0.0800. The van der Waals surface area contributed by atoms with Crippen molar-refractivity contribution in [1.82, 2.24) is 4.57 Å². The summed E-state index contributed by atoms with van der Waals surface area (Å²) in [6.07, 6.45) is 0. The van der Waals surface area contributed by atoms with E-state index in [1.54, 1.807) is 0 Å². The van der Waals surface area contributed by atoms with Crippen molar-refractivity contribution in [2.75, 3.05) is 10.2 Å². The van der Waals surface area contributed by atoms with Gasteiger partial charge in [0.25, 0.3) is 0 Å². The van der Waals surface area contributed by atoms with Crippen LogP contribution in [0, 0.1) is 6.92 Å². The summed E-state index contributed by atoms with van der Waals surface area (Å²) in [5.41, 5.74) is 18.6. The molecule has 0 saturated carbocycles. The maximum absolute atomic E-state index is 3.82. The molecule has 9 aromatic rings. The molecule has 1 N–H and O–H groups in total. The Morgan fingerprint density at radius 1 is 0.593 bits per heavy atom. The van der Waals surface area contributed by atoms with Gasteiger partial charge in [-0.15, -0.1) is 0 Å². The van der Waals surface area contributed by atoms with Gasteiger partial charge in [0.1, 0.15) is 0 Å². The lowest BCUT2D eigenvalue weighted by atomic mass is 9.57. The first-order chi connectivity index (χ1) is 26.5. The normalized spacial score (nSPS) is 13.4. The first kappa shape index (κ1) is 31.1. The van der Waals surface area contributed by atoms with Crippen LogP contribution in [-0.2, 0) is 5.41 Å². The standard InChI is InChI=1S/C50H38BN3/c1-31-25-27-33(28-26-31)52-42-24-13-12-21-37(42)38-30-43(53(34-16-6-4-7-17-34)35-18-8-5-9-19-35)45-44-36-20-11-10-15-32(36)29-40-48(44)54-47-39(50(40,2)3)22-14-23-41(47)51-46(38)49(45)54/h4-30,51-52H,1-3H3. The van der Waals surface area contributed by atoms with Crippen molar-refractivity contribution < 1.29 is 0 Å². The summed E-state index contributed by atoms with van der Waals surface area (Å²) in [6.45, 7) is 6.97. The number of aryl methyl sites for hydroxylation is 1. The van der Waals surface area contributed by atoms with Gasteiger partial charge in [-0.05, 0) is 94.4 Å². The van der Waals surface area contributed by atoms with Crippen LogP contribution >= 0.6 is 0 Å². The molecule has 0 aliphatic carbocycles. The van der Waals surface area contributed by atoms with E-state index in [9.17, 15) is 0 Å². The molecule has 0 bridgehead atoms. The minimum absolute atomic E-state index is 0.179. The number of nitrogens with one attached hydrogen (secondary N) is 1. The second kappa shape index (κ2) is 11.5. The lowest BCUT2D eigenvalue weighted by Crippen LogP contribution is -2.41. The third-order valence-electron chi connectivity index (χ3n) is 12.0. The van der Waals surface area contributed by atoms with E-state index in [4.69, 9.17) is 0 Å². The number of nitrogens with zero attached hydrogens (tertiary/aromatic N) is 2. The predicted octanol–water partition coefficient (Wildman–Crippen LogP) is 11.5. The van der Waals surface area contributed by atoms with Crippen LogP contribution < -0.4 is 21.1 Å². The Labute approximate surface area is 316 Å². The summed E-state index contributed by atoms with van der Waals surface area (Å²) < 4.78 is 2.67. The van der Waals surface area contributed by atoms with Gasteiger partial charge in [0.05, 0.1) is 16.7 Å². The molecular weight excluding hydrogens is 653 g/mol. The zero-order valence-corrected chi connectivity index (χ0v) is 30.7. The molecule has 0 atom stereocenters. The van der Waals surface area contributed by atoms with Crippen LogP contribution in [0.4, 0.5) is 28.4 Å². The Balaban J connectivity index is 1.35. The van der Waals surface area contributed by atoms with Crippen LogP contribution in [0.2, 0.25) is 0 Å². The van der Waals surface area contributed by atoms with E-state index in [1.807, 2.05) is 0 Å². The Bertz CT molecular complexity index is 2920. The molecule has 4 heteroatoms. The maximum atomic E-state index is 3.82. The molecule has 0 radical (unpaired) electrons. The van der Waals surface area contributed by atoms with E-state index in [-0.39, 0.29) is 5.41 Å². The highest BCUT2D eigenvalue weighted by Gasteiger charge is 2.41. The second-order valence-corrected chi connectivity index (χ2v) is 15.5. The molecule has 0 saturated heterocycles. The zero-order valence-electron chi connectivity index (χ0n) is 30.7. The summed E-state index contributed by atoms with van der Waals surface area (Å²) in [5.74, 6) is 0. The number of anilines is 5. The number of para-hydroxylation sites is 4. The molecule has 2 aliphatic heterocycles. The van der Waals surface area contributed by atoms with Gasteiger partial charge in [0.15, 0.2) is 7.28 Å². The van der Waals surface area contributed by atoms with Crippen molar-refractivity contribution in [2.45, 2.75) is 26.2 Å². The van der Waals surface area contributed by atoms with Crippen molar-refractivity contribution in [1.29, 1.82) is 0 Å². The van der Waals surface area contributed by atoms with E-state index in [1.165, 1.54) is 82.7 Å². The smallest absolute Gasteiger partial charge is 0.198 e. The lowest BCUT2D eigenvalue weighted by Gasteiger charge is -2.38. The minimum atomic E-state index is -0.179. The van der Waals surface area contributed by atoms with E-state index in [2.05, 4.69) is 199 Å². The molecule has 3 heterocycles. The van der Waals surface area contributed by atoms with E-state index in [0.29, 0.717) is 0 Å². The van der Waals surface area contributed by atoms with E-state index < -0.39 is 0 Å². The molecule has 0 spiro atoms. The zero-order chi connectivity index (χ0) is 36.1. The van der Waals surface area contributed by atoms with Gasteiger partial charge in [0.2, 0.25) is 0 Å². The summed E-state index contributed by atoms with van der Waals surface area (Å²) in [6, 6.07) is 60.3. The summed E-state index contributed by atoms with van der Waals surface area (Å²) in [4.78, 5) is 2.48. The Morgan fingerprint density at radius 3 is 2.04 bits per heavy atom. The molecule has 54 heavy (non-hydrogen) atoms. The second-order valence-electron chi connectivity index (χ2n) is 15.5. The molecule has 2 aliphatic rings. The molecular formula is C50H38BN3. The molecule has 3 nitrogen and oxygen atoms in total. The van der Waals surface area contributed by atoms with Gasteiger partial charge in [-0.1, -0.05) is 134 Å². The number of aromatic nitrogens is 1. The Kier molecular flexibility index (Phi) is 6.61. The minimum Gasteiger partial charge on any atom is -0.355 e. The fourth-order valence-corrected chi connectivity index (χ4v) is 9.46. The van der Waals surface area contributed by atoms with Crippen LogP contribution in [0.3, 0.4) is 0 Å². The van der Waals surface area contributed by atoms with Crippen LogP contribution in [-0.4, -0.2) is 11.8 Å². The van der Waals surface area contributed by atoms with Gasteiger partial charge in [-0.25, -0.2) is 0 Å². The van der Waals surface area contributed by atoms with Crippen LogP contribution in [0.15, 0.2) is 164 Å². The van der Waals surface area contributed by atoms with Crippen molar-refractivity contribution in [3.63, 3.8) is 0 Å². The summed E-state index contributed by atoms with van der Waals surface area (Å²) in [7, 11) is 0.852. The number of rotatable bonds is 6. The van der Waals surface area contributed by atoms with Gasteiger partial charge in [0, 0.05) is 50.2 Å². The molecule has 0 fully saturated rings. The van der Waals surface area contributed by atoms with Gasteiger partial charge < -0.3 is 14.8 Å². The SMILES string of the molecule is Cc1ccc(Nc2ccccc2-c2cc(N(c3ccccc3)c3ccccc3)c3c4c5ccccc5cc5c4n4c3c2Bc2cccc(c2-4)C5(C)C)cc1. The van der Waals surface area contributed by atoms with Crippen LogP contribution in [0.25, 0.3) is 49.4 Å². The summed E-state index contributed by atoms with van der Waals surface area (Å²) >= 11 is 0. The first-order valence-corrected chi connectivity index (χ1v) is 19.0. The predicted molar refractivity (Wildman–Crippen MR) is 231 cm³/mol. The highest BCUT2D eigenvalue weighted by atomic mass is 15.1. The highest BCUT2D eigenvalue weighted by Crippen LogP contribution is 2.53. The quantitative estimate of drug-likeness (QED) is 0.175. The summed E-state index contributed by atoms with van der Waals surface area (Å²) in [5, 5.41) is 9.03. The van der Waals surface area contributed by atoms with Crippen molar-refractivity contribution >= 4 is 79.2 Å². The Hall–Kier alpha value is -6.52. The lowest BCUT2D eigenvalue weighted by molar-refractivity contribution is 0.632. The highest BCUT2D eigenvalue weighted by molar-refractivity contribution is 6.74. The maximum Gasteiger partial charge on any atom is 0.198 e. The average Bonchev–Trinajstić information content (AvgIpc) is 3.57. The fourth-order valence-electron chi connectivity index (χ4n) is 9.46. The van der Waals surface area contributed by atoms with Crippen LogP contribution in [0.1, 0.15) is 30.5 Å². The molecule has 8 aromatic carbocycles. The molecule has 1 aromatic heterocycles. The largest absolute Gasteiger partial charge is 0.355 e. The van der Waals surface area contributed by atoms with Gasteiger partial charge >= 0.3 is 0 Å². The van der Waals surface area contributed by atoms with Crippen molar-refractivity contribution in [3.05, 3.63) is 180 Å². The van der Waals surface area contributed by atoms with Gasteiger partial charge in [-0.2, -0.15) is 0 Å². The third kappa shape index (κ3) is 4.37. The number of fused-ring (bicyclic) bond motifs is 3. The average molecular weight is 692 g/mol.